The van der Waals surface area contributed by atoms with Gasteiger partial charge in [0.1, 0.15) is 5.82 Å². The number of hydrogen-bond donors (Lipinski definition) is 1. The van der Waals surface area contributed by atoms with E-state index in [1.165, 1.54) is 17.5 Å². The molecular formula is C19H23N3O. The van der Waals surface area contributed by atoms with E-state index in [1.807, 2.05) is 24.1 Å². The van der Waals surface area contributed by atoms with Crippen molar-refractivity contribution >= 4 is 5.91 Å². The van der Waals surface area contributed by atoms with Gasteiger partial charge in [0, 0.05) is 36.5 Å². The number of aryl methyl sites for hydroxylation is 3. The number of nitrogens with one attached hydrogen (secondary N) is 1. The van der Waals surface area contributed by atoms with E-state index in [2.05, 4.69) is 22.1 Å². The summed E-state index contributed by atoms with van der Waals surface area (Å²) >= 11 is 0. The second-order valence-corrected chi connectivity index (χ2v) is 6.88. The number of piperidine rings is 1. The maximum absolute atomic E-state index is 12.9. The van der Waals surface area contributed by atoms with E-state index >= 15 is 0 Å². The number of nitrogens with zero attached hydrogens (tertiary/aromatic N) is 2. The van der Waals surface area contributed by atoms with Crippen LogP contribution in [0.15, 0.2) is 24.4 Å². The van der Waals surface area contributed by atoms with Crippen molar-refractivity contribution in [3.8, 4) is 0 Å². The molecular weight excluding hydrogens is 286 g/mol. The molecule has 4 nitrogen and oxygen atoms in total. The van der Waals surface area contributed by atoms with Gasteiger partial charge in [-0.25, -0.2) is 4.98 Å². The zero-order valence-corrected chi connectivity index (χ0v) is 13.6. The van der Waals surface area contributed by atoms with Gasteiger partial charge in [0.05, 0.1) is 0 Å². The molecule has 120 valence electrons. The highest BCUT2D eigenvalue weighted by Gasteiger charge is 2.27. The summed E-state index contributed by atoms with van der Waals surface area (Å²) in [5.41, 5.74) is 4.72. The molecule has 1 N–H and O–H groups in total. The zero-order valence-electron chi connectivity index (χ0n) is 13.6. The Bertz CT molecular complexity index is 734. The van der Waals surface area contributed by atoms with E-state index in [0.717, 1.165) is 55.9 Å². The van der Waals surface area contributed by atoms with E-state index < -0.39 is 0 Å². The van der Waals surface area contributed by atoms with Gasteiger partial charge in [0.2, 0.25) is 0 Å². The van der Waals surface area contributed by atoms with Gasteiger partial charge in [-0.3, -0.25) is 4.79 Å². The second kappa shape index (κ2) is 5.84. The fraction of sp³-hybridized carbons (Fsp3) is 0.474. The van der Waals surface area contributed by atoms with Gasteiger partial charge >= 0.3 is 0 Å². The lowest BCUT2D eigenvalue weighted by molar-refractivity contribution is 0.0704. The van der Waals surface area contributed by atoms with Crippen molar-refractivity contribution in [2.24, 2.45) is 0 Å². The van der Waals surface area contributed by atoms with Gasteiger partial charge in [-0.1, -0.05) is 6.07 Å². The normalized spacial score (nSPS) is 20.6. The molecule has 1 saturated heterocycles. The van der Waals surface area contributed by atoms with Crippen LogP contribution in [0.4, 0.5) is 0 Å². The van der Waals surface area contributed by atoms with Crippen LogP contribution in [0.3, 0.4) is 0 Å². The molecule has 1 aliphatic carbocycles. The first kappa shape index (κ1) is 14.5. The summed E-state index contributed by atoms with van der Waals surface area (Å²) in [6, 6.07) is 6.27. The summed E-state index contributed by atoms with van der Waals surface area (Å²) in [5, 5.41) is 0. The topological polar surface area (TPSA) is 49.0 Å². The minimum atomic E-state index is 0.174. The maximum Gasteiger partial charge on any atom is 0.253 e. The monoisotopic (exact) mass is 309 g/mol. The van der Waals surface area contributed by atoms with Crippen molar-refractivity contribution in [2.75, 3.05) is 13.1 Å². The van der Waals surface area contributed by atoms with Crippen molar-refractivity contribution < 1.29 is 4.79 Å². The van der Waals surface area contributed by atoms with Gasteiger partial charge in [-0.15, -0.1) is 0 Å². The van der Waals surface area contributed by atoms with E-state index in [0.29, 0.717) is 5.92 Å². The third-order valence-electron chi connectivity index (χ3n) is 5.16. The molecule has 1 fully saturated rings. The number of carbonyl (C=O) groups excluding carboxylic acids is 1. The fourth-order valence-corrected chi connectivity index (χ4v) is 3.91. The Kier molecular flexibility index (Phi) is 3.68. The number of carbonyl (C=O) groups is 1. The first-order chi connectivity index (χ1) is 11.2. The van der Waals surface area contributed by atoms with Crippen LogP contribution in [0.2, 0.25) is 0 Å². The van der Waals surface area contributed by atoms with Crippen molar-refractivity contribution in [2.45, 2.75) is 44.9 Å². The molecule has 1 aromatic heterocycles. The van der Waals surface area contributed by atoms with Gasteiger partial charge in [-0.2, -0.15) is 0 Å². The average molecular weight is 309 g/mol. The summed E-state index contributed by atoms with van der Waals surface area (Å²) in [7, 11) is 0. The Balaban J connectivity index is 1.51. The molecule has 4 heteroatoms. The third kappa shape index (κ3) is 2.78. The molecule has 0 radical (unpaired) electrons. The fourth-order valence-electron chi connectivity index (χ4n) is 3.91. The highest BCUT2D eigenvalue weighted by molar-refractivity contribution is 5.94. The largest absolute Gasteiger partial charge is 0.346 e. The van der Waals surface area contributed by atoms with Crippen LogP contribution in [0.25, 0.3) is 0 Å². The molecule has 0 saturated carbocycles. The third-order valence-corrected chi connectivity index (χ3v) is 5.16. The molecule has 2 heterocycles. The first-order valence-corrected chi connectivity index (χ1v) is 8.63. The average Bonchev–Trinajstić information content (AvgIpc) is 3.22. The number of hydrogen-bond acceptors (Lipinski definition) is 2. The van der Waals surface area contributed by atoms with Crippen LogP contribution in [0, 0.1) is 6.92 Å². The van der Waals surface area contributed by atoms with Crippen molar-refractivity contribution in [3.05, 3.63) is 52.6 Å². The van der Waals surface area contributed by atoms with Gasteiger partial charge < -0.3 is 9.88 Å². The highest BCUT2D eigenvalue weighted by Crippen LogP contribution is 2.27. The molecule has 1 unspecified atom stereocenters. The number of likely N-dealkylation sites (tertiary alicyclic amines) is 1. The number of amides is 1. The summed E-state index contributed by atoms with van der Waals surface area (Å²) in [6.45, 7) is 3.64. The van der Waals surface area contributed by atoms with Gasteiger partial charge in [-0.05, 0) is 62.3 Å². The van der Waals surface area contributed by atoms with Crippen molar-refractivity contribution in [3.63, 3.8) is 0 Å². The number of fused-ring (bicyclic) bond motifs is 1. The quantitative estimate of drug-likeness (QED) is 0.926. The molecule has 1 aliphatic heterocycles. The number of H-pyrrole nitrogens is 1. The Morgan fingerprint density at radius 3 is 2.96 bits per heavy atom. The molecule has 0 bridgehead atoms. The standard InChI is InChI=1S/C19H23N3O/c1-13-11-20-18(21-13)17-6-3-9-22(12-17)19(23)16-8-7-14-4-2-5-15(14)10-16/h7-8,10-11,17H,2-6,9,12H2,1H3,(H,20,21). The van der Waals surface area contributed by atoms with Crippen LogP contribution in [0.5, 0.6) is 0 Å². The van der Waals surface area contributed by atoms with Crippen LogP contribution in [-0.4, -0.2) is 33.9 Å². The zero-order chi connectivity index (χ0) is 15.8. The van der Waals surface area contributed by atoms with Crippen LogP contribution in [0.1, 0.15) is 58.2 Å². The Hall–Kier alpha value is -2.10. The smallest absolute Gasteiger partial charge is 0.253 e. The summed E-state index contributed by atoms with van der Waals surface area (Å²) < 4.78 is 0. The van der Waals surface area contributed by atoms with Crippen molar-refractivity contribution in [1.82, 2.24) is 14.9 Å². The lowest BCUT2D eigenvalue weighted by Crippen LogP contribution is -2.39. The van der Waals surface area contributed by atoms with E-state index in [9.17, 15) is 4.79 Å². The van der Waals surface area contributed by atoms with Crippen LogP contribution >= 0.6 is 0 Å². The van der Waals surface area contributed by atoms with E-state index in [4.69, 9.17) is 0 Å². The van der Waals surface area contributed by atoms with Crippen molar-refractivity contribution in [1.29, 1.82) is 0 Å². The number of aromatic amines is 1. The number of aromatic nitrogens is 2. The Labute approximate surface area is 136 Å². The van der Waals surface area contributed by atoms with Crippen LogP contribution < -0.4 is 0 Å². The lowest BCUT2D eigenvalue weighted by Gasteiger charge is -2.32. The highest BCUT2D eigenvalue weighted by atomic mass is 16.2. The molecule has 4 rings (SSSR count). The molecule has 0 spiro atoms. The Morgan fingerprint density at radius 2 is 2.13 bits per heavy atom. The maximum atomic E-state index is 12.9. The van der Waals surface area contributed by atoms with Crippen LogP contribution in [-0.2, 0) is 12.8 Å². The number of imidazole rings is 1. The minimum Gasteiger partial charge on any atom is -0.346 e. The minimum absolute atomic E-state index is 0.174. The SMILES string of the molecule is Cc1cnc(C2CCCN(C(=O)c3ccc4c(c3)CCC4)C2)[nH]1. The predicted molar refractivity (Wildman–Crippen MR) is 89.7 cm³/mol. The summed E-state index contributed by atoms with van der Waals surface area (Å²) in [6.07, 6.45) is 7.51. The number of rotatable bonds is 2. The molecule has 23 heavy (non-hydrogen) atoms. The molecule has 1 aromatic carbocycles. The number of benzene rings is 1. The summed E-state index contributed by atoms with van der Waals surface area (Å²) in [4.78, 5) is 22.7. The summed E-state index contributed by atoms with van der Waals surface area (Å²) in [5.74, 6) is 1.53. The van der Waals surface area contributed by atoms with Gasteiger partial charge in [0.15, 0.2) is 0 Å². The predicted octanol–water partition coefficient (Wildman–Crippen LogP) is 3.23. The molecule has 2 aromatic rings. The Morgan fingerprint density at radius 1 is 1.26 bits per heavy atom. The first-order valence-electron chi connectivity index (χ1n) is 8.63. The molecule has 1 amide bonds. The van der Waals surface area contributed by atoms with Gasteiger partial charge in [0.25, 0.3) is 5.91 Å². The van der Waals surface area contributed by atoms with E-state index in [-0.39, 0.29) is 5.91 Å². The molecule has 1 atom stereocenters. The molecule has 2 aliphatic rings. The lowest BCUT2D eigenvalue weighted by atomic mass is 9.96. The van der Waals surface area contributed by atoms with E-state index in [1.54, 1.807) is 0 Å². The second-order valence-electron chi connectivity index (χ2n) is 6.88.